The standard InChI is InChI=1S/C20H24N2O5/c1-3-26-20(24)14(2)17(23)18-21-16(13-15-7-5-4-6-8-15)19(27-18)22-9-11-25-12-10-22/h4-8,14H,3,9-13H2,1-2H3. The Kier molecular flexibility index (Phi) is 6.24. The van der Waals surface area contributed by atoms with Crippen molar-refractivity contribution in [3.05, 3.63) is 47.5 Å². The number of anilines is 1. The number of ether oxygens (including phenoxy) is 2. The van der Waals surface area contributed by atoms with E-state index in [1.54, 1.807) is 6.92 Å². The van der Waals surface area contributed by atoms with E-state index in [9.17, 15) is 9.59 Å². The van der Waals surface area contributed by atoms with Crippen molar-refractivity contribution in [1.82, 2.24) is 4.98 Å². The molecule has 2 aromatic rings. The lowest BCUT2D eigenvalue weighted by Crippen LogP contribution is -2.36. The largest absolute Gasteiger partial charge is 0.465 e. The van der Waals surface area contributed by atoms with Gasteiger partial charge in [0.15, 0.2) is 0 Å². The molecule has 3 rings (SSSR count). The Morgan fingerprint density at radius 2 is 1.93 bits per heavy atom. The van der Waals surface area contributed by atoms with Crippen LogP contribution >= 0.6 is 0 Å². The number of carbonyl (C=O) groups is 2. The fraction of sp³-hybridized carbons (Fsp3) is 0.450. The van der Waals surface area contributed by atoms with Crippen molar-refractivity contribution >= 4 is 17.6 Å². The molecule has 27 heavy (non-hydrogen) atoms. The predicted octanol–water partition coefficient (Wildman–Crippen LogP) is 2.48. The summed E-state index contributed by atoms with van der Waals surface area (Å²) in [7, 11) is 0. The van der Waals surface area contributed by atoms with E-state index < -0.39 is 17.7 Å². The summed E-state index contributed by atoms with van der Waals surface area (Å²) < 4.78 is 16.2. The Morgan fingerprint density at radius 3 is 2.59 bits per heavy atom. The Morgan fingerprint density at radius 1 is 1.22 bits per heavy atom. The Labute approximate surface area is 158 Å². The number of benzene rings is 1. The molecular formula is C20H24N2O5. The Balaban J connectivity index is 1.88. The van der Waals surface area contributed by atoms with Gasteiger partial charge in [-0.3, -0.25) is 9.59 Å². The quantitative estimate of drug-likeness (QED) is 0.419. The van der Waals surface area contributed by atoms with Crippen molar-refractivity contribution < 1.29 is 23.5 Å². The van der Waals surface area contributed by atoms with E-state index in [-0.39, 0.29) is 12.5 Å². The smallest absolute Gasteiger partial charge is 0.316 e. The molecule has 1 atom stereocenters. The van der Waals surface area contributed by atoms with Gasteiger partial charge in [-0.05, 0) is 19.4 Å². The molecule has 0 spiro atoms. The summed E-state index contributed by atoms with van der Waals surface area (Å²) in [5.41, 5.74) is 1.75. The van der Waals surface area contributed by atoms with Gasteiger partial charge in [0.05, 0.1) is 19.8 Å². The minimum absolute atomic E-state index is 0.0528. The molecule has 1 aromatic heterocycles. The molecule has 1 fully saturated rings. The van der Waals surface area contributed by atoms with E-state index in [0.717, 1.165) is 5.56 Å². The molecule has 7 heteroatoms. The first-order valence-electron chi connectivity index (χ1n) is 9.17. The zero-order chi connectivity index (χ0) is 19.2. The zero-order valence-corrected chi connectivity index (χ0v) is 15.6. The molecule has 1 saturated heterocycles. The third-order valence-corrected chi connectivity index (χ3v) is 4.43. The summed E-state index contributed by atoms with van der Waals surface area (Å²) in [6.07, 6.45) is 0.540. The minimum Gasteiger partial charge on any atom is -0.465 e. The maximum absolute atomic E-state index is 12.7. The third-order valence-electron chi connectivity index (χ3n) is 4.43. The molecule has 1 aromatic carbocycles. The predicted molar refractivity (Wildman–Crippen MR) is 98.9 cm³/mol. The average Bonchev–Trinajstić information content (AvgIpc) is 3.12. The van der Waals surface area contributed by atoms with Crippen LogP contribution in [0.2, 0.25) is 0 Å². The summed E-state index contributed by atoms with van der Waals surface area (Å²) in [5.74, 6) is -1.48. The molecule has 0 amide bonds. The number of aromatic nitrogens is 1. The maximum atomic E-state index is 12.7. The van der Waals surface area contributed by atoms with E-state index in [0.29, 0.717) is 44.3 Å². The van der Waals surface area contributed by atoms with Crippen LogP contribution in [0.5, 0.6) is 0 Å². The monoisotopic (exact) mass is 372 g/mol. The van der Waals surface area contributed by atoms with Crippen LogP contribution in [0.4, 0.5) is 5.88 Å². The van der Waals surface area contributed by atoms with E-state index in [1.807, 2.05) is 35.2 Å². The topological polar surface area (TPSA) is 81.9 Å². The molecule has 0 N–H and O–H groups in total. The highest BCUT2D eigenvalue weighted by atomic mass is 16.5. The molecule has 0 radical (unpaired) electrons. The number of oxazole rings is 1. The second kappa shape index (κ2) is 8.81. The highest BCUT2D eigenvalue weighted by Crippen LogP contribution is 2.27. The number of ketones is 1. The molecule has 0 saturated carbocycles. The molecule has 2 heterocycles. The van der Waals surface area contributed by atoms with Crippen molar-refractivity contribution in [2.24, 2.45) is 5.92 Å². The molecule has 0 aliphatic carbocycles. The first kappa shape index (κ1) is 19.1. The van der Waals surface area contributed by atoms with Crippen LogP contribution in [0.1, 0.15) is 35.8 Å². The van der Waals surface area contributed by atoms with Crippen molar-refractivity contribution in [2.75, 3.05) is 37.8 Å². The van der Waals surface area contributed by atoms with Crippen LogP contribution in [0, 0.1) is 5.92 Å². The molecule has 144 valence electrons. The van der Waals surface area contributed by atoms with E-state index in [4.69, 9.17) is 13.9 Å². The number of rotatable bonds is 7. The minimum atomic E-state index is -0.953. The molecule has 7 nitrogen and oxygen atoms in total. The summed E-state index contributed by atoms with van der Waals surface area (Å²) in [6, 6.07) is 9.86. The highest BCUT2D eigenvalue weighted by molar-refractivity contribution is 6.06. The number of hydrogen-bond donors (Lipinski definition) is 0. The van der Waals surface area contributed by atoms with Gasteiger partial charge in [-0.1, -0.05) is 30.3 Å². The molecule has 1 aliphatic rings. The van der Waals surface area contributed by atoms with Gasteiger partial charge in [0.1, 0.15) is 11.6 Å². The number of nitrogens with zero attached hydrogens (tertiary/aromatic N) is 2. The Hall–Kier alpha value is -2.67. The van der Waals surface area contributed by atoms with Crippen LogP contribution in [0.15, 0.2) is 34.7 Å². The van der Waals surface area contributed by atoms with Crippen molar-refractivity contribution in [1.29, 1.82) is 0 Å². The first-order valence-corrected chi connectivity index (χ1v) is 9.17. The number of esters is 1. The highest BCUT2D eigenvalue weighted by Gasteiger charge is 2.31. The lowest BCUT2D eigenvalue weighted by atomic mass is 10.1. The molecule has 0 bridgehead atoms. The number of morpholine rings is 1. The first-order chi connectivity index (χ1) is 13.1. The third kappa shape index (κ3) is 4.54. The van der Waals surface area contributed by atoms with Gasteiger partial charge < -0.3 is 18.8 Å². The summed E-state index contributed by atoms with van der Waals surface area (Å²) >= 11 is 0. The molecule has 1 aliphatic heterocycles. The second-order valence-electron chi connectivity index (χ2n) is 6.37. The zero-order valence-electron chi connectivity index (χ0n) is 15.6. The van der Waals surface area contributed by atoms with E-state index in [1.165, 1.54) is 6.92 Å². The lowest BCUT2D eigenvalue weighted by molar-refractivity contribution is -0.145. The van der Waals surface area contributed by atoms with Gasteiger partial charge in [0.2, 0.25) is 11.7 Å². The lowest BCUT2D eigenvalue weighted by Gasteiger charge is -2.26. The van der Waals surface area contributed by atoms with Gasteiger partial charge >= 0.3 is 5.97 Å². The van der Waals surface area contributed by atoms with Crippen molar-refractivity contribution in [3.8, 4) is 0 Å². The average molecular weight is 372 g/mol. The fourth-order valence-electron chi connectivity index (χ4n) is 2.93. The van der Waals surface area contributed by atoms with Gasteiger partial charge in [-0.25, -0.2) is 4.98 Å². The number of hydrogen-bond acceptors (Lipinski definition) is 7. The van der Waals surface area contributed by atoms with Crippen molar-refractivity contribution in [3.63, 3.8) is 0 Å². The second-order valence-corrected chi connectivity index (χ2v) is 6.37. The van der Waals surface area contributed by atoms with Gasteiger partial charge in [0.25, 0.3) is 5.89 Å². The van der Waals surface area contributed by atoms with Crippen molar-refractivity contribution in [2.45, 2.75) is 20.3 Å². The maximum Gasteiger partial charge on any atom is 0.316 e. The SMILES string of the molecule is CCOC(=O)C(C)C(=O)c1nc(Cc2ccccc2)c(N2CCOCC2)o1. The van der Waals surface area contributed by atoms with Gasteiger partial charge in [-0.2, -0.15) is 0 Å². The van der Waals surface area contributed by atoms with Crippen LogP contribution in [-0.4, -0.2) is 49.6 Å². The number of carbonyl (C=O) groups excluding carboxylic acids is 2. The van der Waals surface area contributed by atoms with E-state index >= 15 is 0 Å². The van der Waals surface area contributed by atoms with Gasteiger partial charge in [0, 0.05) is 19.5 Å². The number of Topliss-reactive ketones (excluding diaryl/α,β-unsaturated/α-hetero) is 1. The van der Waals surface area contributed by atoms with Gasteiger partial charge in [-0.15, -0.1) is 0 Å². The molecular weight excluding hydrogens is 348 g/mol. The van der Waals surface area contributed by atoms with Crippen LogP contribution in [0.25, 0.3) is 0 Å². The summed E-state index contributed by atoms with van der Waals surface area (Å²) in [6.45, 7) is 5.95. The van der Waals surface area contributed by atoms with Crippen LogP contribution in [0.3, 0.4) is 0 Å². The fourth-order valence-corrected chi connectivity index (χ4v) is 2.93. The Bertz CT molecular complexity index is 781. The van der Waals surface area contributed by atoms with Crippen LogP contribution < -0.4 is 4.90 Å². The summed E-state index contributed by atoms with van der Waals surface area (Å²) in [4.78, 5) is 31.0. The molecule has 1 unspecified atom stereocenters. The normalized spacial score (nSPS) is 15.4. The van der Waals surface area contributed by atoms with E-state index in [2.05, 4.69) is 4.98 Å². The van der Waals surface area contributed by atoms with Crippen LogP contribution in [-0.2, 0) is 20.7 Å². The summed E-state index contributed by atoms with van der Waals surface area (Å²) in [5, 5.41) is 0.